The standard InChI is InChI=1S/C14H14ClN3O2/c1-2-9-18-13(19)8-7-12(17-18)14(20)16-11-5-3-10(15)4-6-11/h3-8H,2,9H2,1H3,(H,16,20). The SMILES string of the molecule is CCCn1nc(C(=O)Nc2ccc(Cl)cc2)ccc1=O. The quantitative estimate of drug-likeness (QED) is 0.941. The Hall–Kier alpha value is -2.14. The normalized spacial score (nSPS) is 10.3. The van der Waals surface area contributed by atoms with Gasteiger partial charge in [-0.25, -0.2) is 4.68 Å². The van der Waals surface area contributed by atoms with Crippen LogP contribution in [0.25, 0.3) is 0 Å². The third-order valence-electron chi connectivity index (χ3n) is 2.64. The van der Waals surface area contributed by atoms with Gasteiger partial charge in [0.05, 0.1) is 0 Å². The van der Waals surface area contributed by atoms with Crippen molar-refractivity contribution in [1.82, 2.24) is 9.78 Å². The molecule has 6 heteroatoms. The summed E-state index contributed by atoms with van der Waals surface area (Å²) < 4.78 is 1.29. The van der Waals surface area contributed by atoms with Crippen LogP contribution in [-0.4, -0.2) is 15.7 Å². The summed E-state index contributed by atoms with van der Waals surface area (Å²) in [6.07, 6.45) is 0.773. The summed E-state index contributed by atoms with van der Waals surface area (Å²) >= 11 is 5.78. The molecule has 0 aliphatic heterocycles. The van der Waals surface area contributed by atoms with Gasteiger partial charge in [0, 0.05) is 23.3 Å². The molecule has 20 heavy (non-hydrogen) atoms. The lowest BCUT2D eigenvalue weighted by atomic mass is 10.3. The number of carbonyl (C=O) groups is 1. The lowest BCUT2D eigenvalue weighted by Gasteiger charge is -2.07. The molecule has 0 saturated carbocycles. The van der Waals surface area contributed by atoms with Crippen molar-refractivity contribution in [1.29, 1.82) is 0 Å². The van der Waals surface area contributed by atoms with Crippen LogP contribution < -0.4 is 10.9 Å². The number of anilines is 1. The summed E-state index contributed by atoms with van der Waals surface area (Å²) in [6.45, 7) is 2.43. The van der Waals surface area contributed by atoms with Gasteiger partial charge >= 0.3 is 0 Å². The molecule has 104 valence electrons. The van der Waals surface area contributed by atoms with Crippen molar-refractivity contribution in [3.05, 3.63) is 57.5 Å². The van der Waals surface area contributed by atoms with Gasteiger partial charge in [-0.05, 0) is 36.8 Å². The number of amides is 1. The number of benzene rings is 1. The zero-order valence-electron chi connectivity index (χ0n) is 11.0. The zero-order chi connectivity index (χ0) is 14.5. The van der Waals surface area contributed by atoms with Crippen LogP contribution in [0.3, 0.4) is 0 Å². The highest BCUT2D eigenvalue weighted by molar-refractivity contribution is 6.30. The van der Waals surface area contributed by atoms with Crippen molar-refractivity contribution in [2.75, 3.05) is 5.32 Å². The molecule has 0 unspecified atom stereocenters. The first-order valence-electron chi connectivity index (χ1n) is 6.25. The van der Waals surface area contributed by atoms with E-state index in [0.29, 0.717) is 17.3 Å². The fourth-order valence-electron chi connectivity index (χ4n) is 1.67. The fraction of sp³-hybridized carbons (Fsp3) is 0.214. The molecule has 1 N–H and O–H groups in total. The van der Waals surface area contributed by atoms with E-state index in [9.17, 15) is 9.59 Å². The molecule has 5 nitrogen and oxygen atoms in total. The van der Waals surface area contributed by atoms with E-state index in [1.54, 1.807) is 24.3 Å². The van der Waals surface area contributed by atoms with E-state index >= 15 is 0 Å². The Kier molecular flexibility index (Phi) is 4.53. The van der Waals surface area contributed by atoms with Gasteiger partial charge in [-0.3, -0.25) is 9.59 Å². The van der Waals surface area contributed by atoms with Gasteiger partial charge in [0.1, 0.15) is 5.69 Å². The van der Waals surface area contributed by atoms with Crippen molar-refractivity contribution >= 4 is 23.2 Å². The number of aromatic nitrogens is 2. The fourth-order valence-corrected chi connectivity index (χ4v) is 1.80. The highest BCUT2D eigenvalue weighted by atomic mass is 35.5. The average Bonchev–Trinajstić information content (AvgIpc) is 2.44. The largest absolute Gasteiger partial charge is 0.321 e. The lowest BCUT2D eigenvalue weighted by molar-refractivity contribution is 0.102. The Bertz CT molecular complexity index is 665. The zero-order valence-corrected chi connectivity index (χ0v) is 11.7. The smallest absolute Gasteiger partial charge is 0.276 e. The molecule has 0 bridgehead atoms. The molecule has 0 radical (unpaired) electrons. The predicted octanol–water partition coefficient (Wildman–Crippen LogP) is 2.56. The maximum atomic E-state index is 12.0. The Labute approximate surface area is 121 Å². The maximum absolute atomic E-state index is 12.0. The second-order valence-corrected chi connectivity index (χ2v) is 4.68. The van der Waals surface area contributed by atoms with Gasteiger partial charge in [0.2, 0.25) is 0 Å². The van der Waals surface area contributed by atoms with Gasteiger partial charge in [0.25, 0.3) is 11.5 Å². The second kappa shape index (κ2) is 6.34. The molecular weight excluding hydrogens is 278 g/mol. The molecule has 1 amide bonds. The first-order chi connectivity index (χ1) is 9.60. The monoisotopic (exact) mass is 291 g/mol. The summed E-state index contributed by atoms with van der Waals surface area (Å²) in [5.41, 5.74) is 0.609. The van der Waals surface area contributed by atoms with E-state index in [0.717, 1.165) is 6.42 Å². The molecule has 2 aromatic rings. The van der Waals surface area contributed by atoms with Crippen LogP contribution in [-0.2, 0) is 6.54 Å². The van der Waals surface area contributed by atoms with Crippen LogP contribution >= 0.6 is 11.6 Å². The average molecular weight is 292 g/mol. The van der Waals surface area contributed by atoms with Crippen LogP contribution in [0.2, 0.25) is 5.02 Å². The van der Waals surface area contributed by atoms with E-state index in [4.69, 9.17) is 11.6 Å². The van der Waals surface area contributed by atoms with Gasteiger partial charge in [-0.2, -0.15) is 5.10 Å². The van der Waals surface area contributed by atoms with E-state index in [1.165, 1.54) is 16.8 Å². The summed E-state index contributed by atoms with van der Waals surface area (Å²) in [7, 11) is 0. The maximum Gasteiger partial charge on any atom is 0.276 e. The molecule has 0 fully saturated rings. The third kappa shape index (κ3) is 3.45. The Morgan fingerprint density at radius 2 is 1.95 bits per heavy atom. The van der Waals surface area contributed by atoms with Crippen molar-refractivity contribution in [3.8, 4) is 0 Å². The van der Waals surface area contributed by atoms with E-state index in [2.05, 4.69) is 10.4 Å². The van der Waals surface area contributed by atoms with Crippen LogP contribution in [0.5, 0.6) is 0 Å². The number of carbonyl (C=O) groups excluding carboxylic acids is 1. The van der Waals surface area contributed by atoms with Crippen molar-refractivity contribution in [2.24, 2.45) is 0 Å². The van der Waals surface area contributed by atoms with Gasteiger partial charge in [-0.15, -0.1) is 0 Å². The van der Waals surface area contributed by atoms with Crippen LogP contribution in [0.4, 0.5) is 5.69 Å². The first kappa shape index (κ1) is 14.3. The molecule has 1 heterocycles. The topological polar surface area (TPSA) is 64.0 Å². The summed E-state index contributed by atoms with van der Waals surface area (Å²) in [5, 5.41) is 7.34. The summed E-state index contributed by atoms with van der Waals surface area (Å²) in [4.78, 5) is 23.6. The number of nitrogens with zero attached hydrogens (tertiary/aromatic N) is 2. The molecule has 0 atom stereocenters. The summed E-state index contributed by atoms with van der Waals surface area (Å²) in [5.74, 6) is -0.364. The molecule has 0 spiro atoms. The predicted molar refractivity (Wildman–Crippen MR) is 78.2 cm³/mol. The molecule has 2 rings (SSSR count). The summed E-state index contributed by atoms with van der Waals surface area (Å²) in [6, 6.07) is 9.52. The van der Waals surface area contributed by atoms with E-state index < -0.39 is 0 Å². The minimum atomic E-state index is -0.364. The number of halogens is 1. The Balaban J connectivity index is 2.18. The van der Waals surface area contributed by atoms with Crippen molar-refractivity contribution < 1.29 is 4.79 Å². The lowest BCUT2D eigenvalue weighted by Crippen LogP contribution is -2.26. The highest BCUT2D eigenvalue weighted by Gasteiger charge is 2.09. The minimum Gasteiger partial charge on any atom is -0.321 e. The molecule has 0 aliphatic rings. The van der Waals surface area contributed by atoms with Crippen molar-refractivity contribution in [3.63, 3.8) is 0 Å². The van der Waals surface area contributed by atoms with Crippen LogP contribution in [0, 0.1) is 0 Å². The van der Waals surface area contributed by atoms with Crippen molar-refractivity contribution in [2.45, 2.75) is 19.9 Å². The molecular formula is C14H14ClN3O2. The number of rotatable bonds is 4. The number of hydrogen-bond acceptors (Lipinski definition) is 3. The Morgan fingerprint density at radius 1 is 1.25 bits per heavy atom. The second-order valence-electron chi connectivity index (χ2n) is 4.24. The van der Waals surface area contributed by atoms with Gasteiger partial charge < -0.3 is 5.32 Å². The van der Waals surface area contributed by atoms with E-state index in [1.807, 2.05) is 6.92 Å². The van der Waals surface area contributed by atoms with Gasteiger partial charge in [-0.1, -0.05) is 18.5 Å². The molecule has 1 aromatic carbocycles. The number of hydrogen-bond donors (Lipinski definition) is 1. The Morgan fingerprint density at radius 3 is 2.60 bits per heavy atom. The van der Waals surface area contributed by atoms with Gasteiger partial charge in [0.15, 0.2) is 0 Å². The number of nitrogens with one attached hydrogen (secondary N) is 1. The molecule has 0 saturated heterocycles. The third-order valence-corrected chi connectivity index (χ3v) is 2.89. The first-order valence-corrected chi connectivity index (χ1v) is 6.63. The highest BCUT2D eigenvalue weighted by Crippen LogP contribution is 2.13. The van der Waals surface area contributed by atoms with Crippen LogP contribution in [0.15, 0.2) is 41.2 Å². The molecule has 0 aliphatic carbocycles. The number of aryl methyl sites for hydroxylation is 1. The van der Waals surface area contributed by atoms with Crippen LogP contribution in [0.1, 0.15) is 23.8 Å². The molecule has 1 aromatic heterocycles. The minimum absolute atomic E-state index is 0.202. The van der Waals surface area contributed by atoms with E-state index in [-0.39, 0.29) is 17.2 Å².